The van der Waals surface area contributed by atoms with Crippen molar-refractivity contribution < 1.29 is 4.79 Å². The lowest BCUT2D eigenvalue weighted by atomic mass is 10.1. The van der Waals surface area contributed by atoms with E-state index in [9.17, 15) is 4.79 Å². The van der Waals surface area contributed by atoms with Crippen LogP contribution in [0.5, 0.6) is 0 Å². The van der Waals surface area contributed by atoms with Crippen LogP contribution in [-0.2, 0) is 4.79 Å². The van der Waals surface area contributed by atoms with Gasteiger partial charge in [0.2, 0.25) is 5.91 Å². The maximum atomic E-state index is 10.8. The molecule has 1 unspecified atom stereocenters. The Morgan fingerprint density at radius 2 is 2.55 bits per heavy atom. The van der Waals surface area contributed by atoms with Gasteiger partial charge >= 0.3 is 0 Å². The van der Waals surface area contributed by atoms with E-state index >= 15 is 0 Å². The number of carbonyl (C=O) groups excluding carboxylic acids is 1. The SMILES string of the molecule is C=C/C(=C\C)C1CCC(=O)N1. The molecule has 1 heterocycles. The minimum Gasteiger partial charge on any atom is -0.349 e. The van der Waals surface area contributed by atoms with Gasteiger partial charge in [-0.2, -0.15) is 0 Å². The van der Waals surface area contributed by atoms with E-state index in [-0.39, 0.29) is 11.9 Å². The smallest absolute Gasteiger partial charge is 0.220 e. The molecule has 2 heteroatoms. The third kappa shape index (κ3) is 1.70. The number of hydrogen-bond acceptors (Lipinski definition) is 1. The van der Waals surface area contributed by atoms with E-state index in [0.717, 1.165) is 12.0 Å². The zero-order valence-electron chi connectivity index (χ0n) is 6.76. The maximum Gasteiger partial charge on any atom is 0.220 e. The largest absolute Gasteiger partial charge is 0.349 e. The van der Waals surface area contributed by atoms with Gasteiger partial charge in [0, 0.05) is 6.42 Å². The lowest BCUT2D eigenvalue weighted by molar-refractivity contribution is -0.119. The summed E-state index contributed by atoms with van der Waals surface area (Å²) in [6.07, 6.45) is 5.35. The van der Waals surface area contributed by atoms with E-state index in [0.29, 0.717) is 6.42 Å². The number of nitrogens with one attached hydrogen (secondary N) is 1. The Labute approximate surface area is 67.0 Å². The molecule has 0 saturated carbocycles. The van der Waals surface area contributed by atoms with Gasteiger partial charge in [0.15, 0.2) is 0 Å². The van der Waals surface area contributed by atoms with Crippen LogP contribution < -0.4 is 5.32 Å². The first-order valence-electron chi connectivity index (χ1n) is 3.86. The van der Waals surface area contributed by atoms with Gasteiger partial charge in [0.25, 0.3) is 0 Å². The average molecular weight is 151 g/mol. The standard InChI is InChI=1S/C9H13NO/c1-3-7(4-2)8-5-6-9(11)10-8/h3-4,8H,1,5-6H2,2H3,(H,10,11)/b7-4+. The van der Waals surface area contributed by atoms with Crippen molar-refractivity contribution in [2.75, 3.05) is 0 Å². The Morgan fingerprint density at radius 1 is 1.82 bits per heavy atom. The molecule has 2 nitrogen and oxygen atoms in total. The summed E-state index contributed by atoms with van der Waals surface area (Å²) in [5.41, 5.74) is 1.12. The van der Waals surface area contributed by atoms with Crippen molar-refractivity contribution in [1.29, 1.82) is 0 Å². The van der Waals surface area contributed by atoms with Crippen LogP contribution in [0.25, 0.3) is 0 Å². The van der Waals surface area contributed by atoms with Crippen molar-refractivity contribution in [1.82, 2.24) is 5.32 Å². The van der Waals surface area contributed by atoms with Crippen LogP contribution in [-0.4, -0.2) is 11.9 Å². The van der Waals surface area contributed by atoms with Crippen molar-refractivity contribution in [2.45, 2.75) is 25.8 Å². The van der Waals surface area contributed by atoms with Crippen LogP contribution in [0.2, 0.25) is 0 Å². The van der Waals surface area contributed by atoms with Crippen LogP contribution in [0.1, 0.15) is 19.8 Å². The van der Waals surface area contributed by atoms with Crippen LogP contribution >= 0.6 is 0 Å². The van der Waals surface area contributed by atoms with E-state index in [1.54, 1.807) is 6.08 Å². The van der Waals surface area contributed by atoms with E-state index in [1.807, 2.05) is 13.0 Å². The molecular formula is C9H13NO. The van der Waals surface area contributed by atoms with Gasteiger partial charge in [0.05, 0.1) is 6.04 Å². The maximum absolute atomic E-state index is 10.8. The van der Waals surface area contributed by atoms with E-state index < -0.39 is 0 Å². The second kappa shape index (κ2) is 3.37. The number of hydrogen-bond donors (Lipinski definition) is 1. The molecule has 11 heavy (non-hydrogen) atoms. The predicted molar refractivity (Wildman–Crippen MR) is 45.1 cm³/mol. The highest BCUT2D eigenvalue weighted by molar-refractivity contribution is 5.79. The molecule has 1 aliphatic heterocycles. The Morgan fingerprint density at radius 3 is 2.91 bits per heavy atom. The molecule has 1 N–H and O–H groups in total. The van der Waals surface area contributed by atoms with Crippen molar-refractivity contribution in [3.63, 3.8) is 0 Å². The number of carbonyl (C=O) groups is 1. The van der Waals surface area contributed by atoms with Gasteiger partial charge in [-0.3, -0.25) is 4.79 Å². The molecule has 60 valence electrons. The topological polar surface area (TPSA) is 29.1 Å². The Bertz CT molecular complexity index is 206. The third-order valence-electron chi connectivity index (χ3n) is 1.97. The van der Waals surface area contributed by atoms with Crippen LogP contribution in [0.15, 0.2) is 24.3 Å². The predicted octanol–water partition coefficient (Wildman–Crippen LogP) is 1.40. The fourth-order valence-corrected chi connectivity index (χ4v) is 1.33. The Hall–Kier alpha value is -1.05. The monoisotopic (exact) mass is 151 g/mol. The molecule has 0 aromatic heterocycles. The normalized spacial score (nSPS) is 25.0. The van der Waals surface area contributed by atoms with E-state index in [1.165, 1.54) is 0 Å². The zero-order valence-corrected chi connectivity index (χ0v) is 6.76. The van der Waals surface area contributed by atoms with E-state index in [4.69, 9.17) is 0 Å². The van der Waals surface area contributed by atoms with Gasteiger partial charge < -0.3 is 5.32 Å². The van der Waals surface area contributed by atoms with Gasteiger partial charge in [0.1, 0.15) is 0 Å². The third-order valence-corrected chi connectivity index (χ3v) is 1.97. The summed E-state index contributed by atoms with van der Waals surface area (Å²) in [4.78, 5) is 10.8. The average Bonchev–Trinajstić information content (AvgIpc) is 2.39. The Kier molecular flexibility index (Phi) is 2.47. The van der Waals surface area contributed by atoms with Gasteiger partial charge in [-0.15, -0.1) is 0 Å². The van der Waals surface area contributed by atoms with Gasteiger partial charge in [-0.05, 0) is 18.9 Å². The number of rotatable bonds is 2. The molecule has 1 fully saturated rings. The number of allylic oxidation sites excluding steroid dienone is 1. The van der Waals surface area contributed by atoms with Crippen molar-refractivity contribution in [2.24, 2.45) is 0 Å². The quantitative estimate of drug-likeness (QED) is 0.594. The minimum atomic E-state index is 0.149. The summed E-state index contributed by atoms with van der Waals surface area (Å²) >= 11 is 0. The minimum absolute atomic E-state index is 0.149. The molecule has 0 bridgehead atoms. The number of amides is 1. The first kappa shape index (κ1) is 8.05. The first-order chi connectivity index (χ1) is 5.27. The first-order valence-corrected chi connectivity index (χ1v) is 3.86. The molecule has 0 aromatic rings. The molecule has 1 aliphatic rings. The van der Waals surface area contributed by atoms with Crippen molar-refractivity contribution in [3.05, 3.63) is 24.3 Å². The van der Waals surface area contributed by atoms with Gasteiger partial charge in [-0.25, -0.2) is 0 Å². The lowest BCUT2D eigenvalue weighted by Gasteiger charge is -2.09. The highest BCUT2D eigenvalue weighted by Crippen LogP contribution is 2.15. The molecule has 0 spiro atoms. The van der Waals surface area contributed by atoms with Crippen molar-refractivity contribution in [3.8, 4) is 0 Å². The van der Waals surface area contributed by atoms with Crippen LogP contribution in [0.4, 0.5) is 0 Å². The molecule has 0 aliphatic carbocycles. The summed E-state index contributed by atoms with van der Waals surface area (Å²) < 4.78 is 0. The summed E-state index contributed by atoms with van der Waals surface area (Å²) in [5.74, 6) is 0.149. The zero-order chi connectivity index (χ0) is 8.27. The van der Waals surface area contributed by atoms with E-state index in [2.05, 4.69) is 11.9 Å². The molecule has 1 saturated heterocycles. The van der Waals surface area contributed by atoms with Crippen LogP contribution in [0, 0.1) is 0 Å². The summed E-state index contributed by atoms with van der Waals surface area (Å²) in [6.45, 7) is 5.64. The second-order valence-corrected chi connectivity index (χ2v) is 2.65. The molecule has 0 radical (unpaired) electrons. The van der Waals surface area contributed by atoms with Crippen LogP contribution in [0.3, 0.4) is 0 Å². The second-order valence-electron chi connectivity index (χ2n) is 2.65. The lowest BCUT2D eigenvalue weighted by Crippen LogP contribution is -2.26. The fraction of sp³-hybridized carbons (Fsp3) is 0.444. The molecule has 1 atom stereocenters. The van der Waals surface area contributed by atoms with Crippen molar-refractivity contribution >= 4 is 5.91 Å². The molecule has 0 aromatic carbocycles. The fourth-order valence-electron chi connectivity index (χ4n) is 1.33. The highest BCUT2D eigenvalue weighted by Gasteiger charge is 2.21. The Balaban J connectivity index is 2.61. The van der Waals surface area contributed by atoms with Gasteiger partial charge in [-0.1, -0.05) is 18.7 Å². The highest BCUT2D eigenvalue weighted by atomic mass is 16.1. The summed E-state index contributed by atoms with van der Waals surface area (Å²) in [5, 5.41) is 2.88. The summed E-state index contributed by atoms with van der Waals surface area (Å²) in [7, 11) is 0. The molecule has 1 rings (SSSR count). The molecule has 1 amide bonds. The molecular weight excluding hydrogens is 138 g/mol. The summed E-state index contributed by atoms with van der Waals surface area (Å²) in [6, 6.07) is 0.213.